The molecule has 0 aliphatic heterocycles. The van der Waals surface area contributed by atoms with Crippen LogP contribution in [0.25, 0.3) is 11.0 Å². The van der Waals surface area contributed by atoms with Crippen LogP contribution in [0.5, 0.6) is 0 Å². The highest BCUT2D eigenvalue weighted by atomic mass is 19.4. The molecule has 25 heavy (non-hydrogen) atoms. The number of alkyl halides is 3. The fraction of sp³-hybridized carbons (Fsp3) is 0.312. The summed E-state index contributed by atoms with van der Waals surface area (Å²) in [6.07, 6.45) is -3.79. The number of imidazole rings is 1. The smallest absolute Gasteiger partial charge is 0.310 e. The van der Waals surface area contributed by atoms with Gasteiger partial charge in [0.25, 0.3) is 5.91 Å². The average molecular weight is 351 g/mol. The lowest BCUT2D eigenvalue weighted by Crippen LogP contribution is -2.19. The van der Waals surface area contributed by atoms with Crippen LogP contribution in [0, 0.1) is 0 Å². The molecule has 3 rings (SSSR count). The van der Waals surface area contributed by atoms with E-state index in [1.165, 1.54) is 7.05 Å². The maximum atomic E-state index is 12.8. The molecule has 0 aliphatic carbocycles. The van der Waals surface area contributed by atoms with Crippen LogP contribution >= 0.6 is 0 Å². The van der Waals surface area contributed by atoms with Crippen molar-refractivity contribution in [3.05, 3.63) is 41.7 Å². The second-order valence-electron chi connectivity index (χ2n) is 5.57. The predicted octanol–water partition coefficient (Wildman–Crippen LogP) is 3.45. The quantitative estimate of drug-likeness (QED) is 0.783. The molecule has 1 aromatic carbocycles. The second kappa shape index (κ2) is 6.23. The molecule has 3 aromatic rings. The molecule has 1 N–H and O–H groups in total. The molecule has 0 saturated heterocycles. The number of nitrogens with zero attached hydrogens (tertiary/aromatic N) is 4. The summed E-state index contributed by atoms with van der Waals surface area (Å²) in [7, 11) is 1.29. The minimum Gasteiger partial charge on any atom is -0.310 e. The van der Waals surface area contributed by atoms with Gasteiger partial charge in [-0.2, -0.15) is 18.3 Å². The molecule has 0 fully saturated rings. The zero-order chi connectivity index (χ0) is 18.2. The van der Waals surface area contributed by atoms with Crippen LogP contribution in [0.1, 0.15) is 29.5 Å². The largest absolute Gasteiger partial charge is 0.435 e. The van der Waals surface area contributed by atoms with Crippen molar-refractivity contribution in [3.8, 4) is 0 Å². The minimum absolute atomic E-state index is 0.192. The van der Waals surface area contributed by atoms with Crippen molar-refractivity contribution in [2.24, 2.45) is 7.05 Å². The van der Waals surface area contributed by atoms with Gasteiger partial charge in [-0.1, -0.05) is 19.1 Å². The number of aromatic nitrogens is 4. The van der Waals surface area contributed by atoms with Crippen LogP contribution in [0.2, 0.25) is 0 Å². The van der Waals surface area contributed by atoms with Gasteiger partial charge in [0.1, 0.15) is 5.69 Å². The number of hydrogen-bond acceptors (Lipinski definition) is 3. The third kappa shape index (κ3) is 3.21. The number of hydrogen-bond donors (Lipinski definition) is 1. The molecular formula is C16H16F3N5O. The van der Waals surface area contributed by atoms with E-state index in [1.807, 2.05) is 35.8 Å². The monoisotopic (exact) mass is 351 g/mol. The highest BCUT2D eigenvalue weighted by Crippen LogP contribution is 2.28. The van der Waals surface area contributed by atoms with Crippen molar-refractivity contribution in [1.29, 1.82) is 0 Å². The first-order valence-electron chi connectivity index (χ1n) is 7.69. The SMILES string of the molecule is CCCn1c(NC(=O)c2cc(C(F)(F)F)nn2C)nc2ccccc21. The summed E-state index contributed by atoms with van der Waals surface area (Å²) in [6, 6.07) is 8.09. The van der Waals surface area contributed by atoms with Crippen molar-refractivity contribution in [3.63, 3.8) is 0 Å². The molecule has 0 saturated carbocycles. The Morgan fingerprint density at radius 1 is 1.28 bits per heavy atom. The van der Waals surface area contributed by atoms with Crippen LogP contribution in [0.3, 0.4) is 0 Å². The summed E-state index contributed by atoms with van der Waals surface area (Å²) in [6.45, 7) is 2.60. The topological polar surface area (TPSA) is 64.7 Å². The van der Waals surface area contributed by atoms with Gasteiger partial charge < -0.3 is 4.57 Å². The first-order valence-corrected chi connectivity index (χ1v) is 7.69. The number of nitrogens with one attached hydrogen (secondary N) is 1. The van der Waals surface area contributed by atoms with E-state index in [0.29, 0.717) is 18.0 Å². The zero-order valence-electron chi connectivity index (χ0n) is 13.6. The van der Waals surface area contributed by atoms with E-state index in [2.05, 4.69) is 15.4 Å². The molecule has 1 amide bonds. The predicted molar refractivity (Wildman–Crippen MR) is 86.2 cm³/mol. The van der Waals surface area contributed by atoms with Gasteiger partial charge in [0.2, 0.25) is 5.95 Å². The Labute approximate surface area is 141 Å². The van der Waals surface area contributed by atoms with Crippen molar-refractivity contribution in [2.45, 2.75) is 26.1 Å². The first kappa shape index (κ1) is 17.0. The number of amides is 1. The van der Waals surface area contributed by atoms with Crippen molar-refractivity contribution in [1.82, 2.24) is 19.3 Å². The molecule has 0 unspecified atom stereocenters. The Kier molecular flexibility index (Phi) is 4.23. The number of halogens is 3. The molecule has 0 spiro atoms. The standard InChI is InChI=1S/C16H16F3N5O/c1-3-8-24-11-7-5-4-6-10(11)20-15(24)21-14(25)12-9-13(16(17,18)19)22-23(12)2/h4-7,9H,3,8H2,1-2H3,(H,20,21,25). The Balaban J connectivity index is 1.95. The van der Waals surface area contributed by atoms with E-state index >= 15 is 0 Å². The van der Waals surface area contributed by atoms with Gasteiger partial charge in [0, 0.05) is 19.7 Å². The summed E-state index contributed by atoms with van der Waals surface area (Å²) >= 11 is 0. The first-order chi connectivity index (χ1) is 11.8. The number of aryl methyl sites for hydroxylation is 2. The van der Waals surface area contributed by atoms with Crippen LogP contribution < -0.4 is 5.32 Å². The number of para-hydroxylation sites is 2. The molecular weight excluding hydrogens is 335 g/mol. The number of rotatable bonds is 4. The third-order valence-electron chi connectivity index (χ3n) is 3.73. The van der Waals surface area contributed by atoms with Crippen LogP contribution in [0.4, 0.5) is 19.1 Å². The number of anilines is 1. The van der Waals surface area contributed by atoms with E-state index in [1.54, 1.807) is 0 Å². The summed E-state index contributed by atoms with van der Waals surface area (Å²) in [4.78, 5) is 16.8. The Morgan fingerprint density at radius 3 is 2.64 bits per heavy atom. The molecule has 2 heterocycles. The average Bonchev–Trinajstić information content (AvgIpc) is 3.09. The maximum Gasteiger partial charge on any atom is 0.435 e. The molecule has 132 valence electrons. The van der Waals surface area contributed by atoms with Crippen LogP contribution in [-0.4, -0.2) is 25.2 Å². The second-order valence-corrected chi connectivity index (χ2v) is 5.57. The minimum atomic E-state index is -4.61. The summed E-state index contributed by atoms with van der Waals surface area (Å²) in [5, 5.41) is 5.94. The van der Waals surface area contributed by atoms with Crippen molar-refractivity contribution in [2.75, 3.05) is 5.32 Å². The Morgan fingerprint density at radius 2 is 2.00 bits per heavy atom. The van der Waals surface area contributed by atoms with Gasteiger partial charge in [0.15, 0.2) is 5.69 Å². The number of fused-ring (bicyclic) bond motifs is 1. The molecule has 2 aromatic heterocycles. The summed E-state index contributed by atoms with van der Waals surface area (Å²) in [5.41, 5.74) is 0.248. The fourth-order valence-corrected chi connectivity index (χ4v) is 2.60. The van der Waals surface area contributed by atoms with Gasteiger partial charge in [-0.05, 0) is 18.6 Å². The number of carbonyl (C=O) groups is 1. The zero-order valence-corrected chi connectivity index (χ0v) is 13.6. The highest BCUT2D eigenvalue weighted by molar-refractivity contribution is 6.03. The van der Waals surface area contributed by atoms with Crippen LogP contribution in [-0.2, 0) is 19.8 Å². The maximum absolute atomic E-state index is 12.8. The van der Waals surface area contributed by atoms with E-state index < -0.39 is 17.8 Å². The Hall–Kier alpha value is -2.84. The highest BCUT2D eigenvalue weighted by Gasteiger charge is 2.35. The van der Waals surface area contributed by atoms with E-state index in [4.69, 9.17) is 0 Å². The van der Waals surface area contributed by atoms with E-state index in [-0.39, 0.29) is 5.69 Å². The van der Waals surface area contributed by atoms with Crippen LogP contribution in [0.15, 0.2) is 30.3 Å². The molecule has 0 radical (unpaired) electrons. The lowest BCUT2D eigenvalue weighted by molar-refractivity contribution is -0.141. The van der Waals surface area contributed by atoms with E-state index in [9.17, 15) is 18.0 Å². The van der Waals surface area contributed by atoms with Crippen molar-refractivity contribution >= 4 is 22.9 Å². The van der Waals surface area contributed by atoms with Gasteiger partial charge in [-0.15, -0.1) is 0 Å². The normalized spacial score (nSPS) is 11.9. The van der Waals surface area contributed by atoms with Crippen molar-refractivity contribution < 1.29 is 18.0 Å². The molecule has 6 nitrogen and oxygen atoms in total. The van der Waals surface area contributed by atoms with Gasteiger partial charge in [-0.3, -0.25) is 14.8 Å². The van der Waals surface area contributed by atoms with Gasteiger partial charge in [-0.25, -0.2) is 4.98 Å². The number of benzene rings is 1. The fourth-order valence-electron chi connectivity index (χ4n) is 2.60. The third-order valence-corrected chi connectivity index (χ3v) is 3.73. The van der Waals surface area contributed by atoms with Gasteiger partial charge >= 0.3 is 6.18 Å². The molecule has 9 heteroatoms. The molecule has 0 bridgehead atoms. The Bertz CT molecular complexity index is 926. The number of carbonyl (C=O) groups excluding carboxylic acids is 1. The summed E-state index contributed by atoms with van der Waals surface area (Å²) < 4.78 is 41.0. The van der Waals surface area contributed by atoms with E-state index in [0.717, 1.165) is 22.7 Å². The molecule has 0 atom stereocenters. The molecule has 0 aliphatic rings. The lowest BCUT2D eigenvalue weighted by Gasteiger charge is -2.08. The summed E-state index contributed by atoms with van der Waals surface area (Å²) in [5.74, 6) is -0.402. The van der Waals surface area contributed by atoms with Gasteiger partial charge in [0.05, 0.1) is 11.0 Å². The lowest BCUT2D eigenvalue weighted by atomic mass is 10.3.